The van der Waals surface area contributed by atoms with E-state index in [1.165, 1.54) is 19.5 Å². The quantitative estimate of drug-likeness (QED) is 0.799. The Morgan fingerprint density at radius 3 is 2.33 bits per heavy atom. The van der Waals surface area contributed by atoms with Crippen LogP contribution in [0.25, 0.3) is 0 Å². The first-order chi connectivity index (χ1) is 10.1. The maximum atomic E-state index is 11.8. The van der Waals surface area contributed by atoms with E-state index in [4.69, 9.17) is 4.74 Å². The van der Waals surface area contributed by atoms with Crippen LogP contribution in [0.3, 0.4) is 0 Å². The minimum Gasteiger partial charge on any atom is -0.465 e. The van der Waals surface area contributed by atoms with Crippen molar-refractivity contribution >= 4 is 11.9 Å². The number of aryl methyl sites for hydroxylation is 1. The van der Waals surface area contributed by atoms with Crippen molar-refractivity contribution in [2.24, 2.45) is 0 Å². The Labute approximate surface area is 121 Å². The largest absolute Gasteiger partial charge is 0.465 e. The van der Waals surface area contributed by atoms with Crippen molar-refractivity contribution in [1.29, 1.82) is 0 Å². The molecule has 108 valence electrons. The summed E-state index contributed by atoms with van der Waals surface area (Å²) < 4.78 is 9.73. The lowest BCUT2D eigenvalue weighted by Gasteiger charge is -2.05. The van der Waals surface area contributed by atoms with Gasteiger partial charge in [0.05, 0.1) is 24.6 Å². The second-order valence-electron chi connectivity index (χ2n) is 4.31. The minimum absolute atomic E-state index is 0.0931. The monoisotopic (exact) mass is 286 g/mol. The van der Waals surface area contributed by atoms with Gasteiger partial charge in [-0.15, -0.1) is 0 Å². The number of carbonyl (C=O) groups excluding carboxylic acids is 2. The third-order valence-corrected chi connectivity index (χ3v) is 2.74. The zero-order valence-electron chi connectivity index (χ0n) is 11.7. The van der Waals surface area contributed by atoms with Crippen LogP contribution in [0.5, 0.6) is 0 Å². The van der Waals surface area contributed by atoms with Crippen LogP contribution in [0.4, 0.5) is 0 Å². The molecule has 0 unspecified atom stereocenters. The van der Waals surface area contributed by atoms with E-state index in [1.807, 2.05) is 0 Å². The Kier molecular flexibility index (Phi) is 4.61. The molecule has 1 aromatic heterocycles. The van der Waals surface area contributed by atoms with Crippen molar-refractivity contribution in [3.8, 4) is 0 Å². The summed E-state index contributed by atoms with van der Waals surface area (Å²) in [5, 5.41) is 0. The molecule has 0 saturated carbocycles. The molecule has 0 saturated heterocycles. The van der Waals surface area contributed by atoms with Crippen molar-refractivity contribution in [3.63, 3.8) is 0 Å². The molecule has 0 bridgehead atoms. The summed E-state index contributed by atoms with van der Waals surface area (Å²) in [6, 6.07) is 6.61. The van der Waals surface area contributed by atoms with Crippen LogP contribution in [0.1, 0.15) is 32.1 Å². The fourth-order valence-electron chi connectivity index (χ4n) is 1.58. The zero-order valence-corrected chi connectivity index (χ0v) is 11.7. The van der Waals surface area contributed by atoms with Gasteiger partial charge in [0.2, 0.25) is 0 Å². The van der Waals surface area contributed by atoms with Crippen molar-refractivity contribution in [1.82, 2.24) is 9.97 Å². The molecule has 21 heavy (non-hydrogen) atoms. The molecule has 2 rings (SSSR count). The predicted molar refractivity (Wildman–Crippen MR) is 73.7 cm³/mol. The summed E-state index contributed by atoms with van der Waals surface area (Å²) in [5.74, 6) is -0.951. The molecule has 0 aliphatic heterocycles. The van der Waals surface area contributed by atoms with Crippen molar-refractivity contribution in [2.75, 3.05) is 7.11 Å². The standard InChI is InChI=1S/C15H14N2O4/c1-10-7-17-13(8-16-10)15(19)21-9-11-3-5-12(6-4-11)14(18)20-2/h3-8H,9H2,1-2H3. The van der Waals surface area contributed by atoms with Gasteiger partial charge in [-0.2, -0.15) is 0 Å². The highest BCUT2D eigenvalue weighted by molar-refractivity contribution is 5.89. The first-order valence-electron chi connectivity index (χ1n) is 6.23. The topological polar surface area (TPSA) is 78.4 Å². The molecule has 0 N–H and O–H groups in total. The number of aromatic nitrogens is 2. The van der Waals surface area contributed by atoms with Gasteiger partial charge in [-0.1, -0.05) is 12.1 Å². The maximum absolute atomic E-state index is 11.8. The minimum atomic E-state index is -0.542. The van der Waals surface area contributed by atoms with E-state index >= 15 is 0 Å². The van der Waals surface area contributed by atoms with Crippen LogP contribution in [0.2, 0.25) is 0 Å². The van der Waals surface area contributed by atoms with Gasteiger partial charge >= 0.3 is 11.9 Å². The summed E-state index contributed by atoms with van der Waals surface area (Å²) >= 11 is 0. The Morgan fingerprint density at radius 2 is 1.76 bits per heavy atom. The number of hydrogen-bond donors (Lipinski definition) is 0. The van der Waals surface area contributed by atoms with Crippen molar-refractivity contribution < 1.29 is 19.1 Å². The molecule has 1 heterocycles. The van der Waals surface area contributed by atoms with Crippen LogP contribution in [-0.4, -0.2) is 29.0 Å². The van der Waals surface area contributed by atoms with Gasteiger partial charge in [-0.05, 0) is 24.6 Å². The number of benzene rings is 1. The molecule has 0 radical (unpaired) electrons. The van der Waals surface area contributed by atoms with Crippen molar-refractivity contribution in [3.05, 3.63) is 59.2 Å². The lowest BCUT2D eigenvalue weighted by Crippen LogP contribution is -2.08. The highest BCUT2D eigenvalue weighted by atomic mass is 16.5. The highest BCUT2D eigenvalue weighted by Gasteiger charge is 2.10. The molecular formula is C15H14N2O4. The second-order valence-corrected chi connectivity index (χ2v) is 4.31. The number of carbonyl (C=O) groups is 2. The van der Waals surface area contributed by atoms with Gasteiger partial charge in [0, 0.05) is 6.20 Å². The molecule has 2 aromatic rings. The fourth-order valence-corrected chi connectivity index (χ4v) is 1.58. The average molecular weight is 286 g/mol. The van der Waals surface area contributed by atoms with E-state index in [9.17, 15) is 9.59 Å². The second kappa shape index (κ2) is 6.60. The van der Waals surface area contributed by atoms with Gasteiger partial charge in [-0.3, -0.25) is 4.98 Å². The van der Waals surface area contributed by atoms with E-state index < -0.39 is 11.9 Å². The number of ether oxygens (including phenoxy) is 2. The number of esters is 2. The van der Waals surface area contributed by atoms with Gasteiger partial charge in [0.15, 0.2) is 5.69 Å². The third-order valence-electron chi connectivity index (χ3n) is 2.74. The van der Waals surface area contributed by atoms with Crippen LogP contribution < -0.4 is 0 Å². The average Bonchev–Trinajstić information content (AvgIpc) is 2.53. The molecule has 0 atom stereocenters. The molecule has 1 aromatic carbocycles. The van der Waals surface area contributed by atoms with E-state index in [1.54, 1.807) is 31.2 Å². The third kappa shape index (κ3) is 3.85. The highest BCUT2D eigenvalue weighted by Crippen LogP contribution is 2.08. The fraction of sp³-hybridized carbons (Fsp3) is 0.200. The predicted octanol–water partition coefficient (Wildman–Crippen LogP) is 1.93. The number of nitrogens with zero attached hydrogens (tertiary/aromatic N) is 2. The molecular weight excluding hydrogens is 272 g/mol. The molecule has 6 nitrogen and oxygen atoms in total. The molecule has 0 aliphatic carbocycles. The summed E-state index contributed by atoms with van der Waals surface area (Å²) in [7, 11) is 1.32. The Hall–Kier alpha value is -2.76. The van der Waals surface area contributed by atoms with Gasteiger partial charge in [-0.25, -0.2) is 14.6 Å². The lowest BCUT2D eigenvalue weighted by molar-refractivity contribution is 0.0464. The zero-order chi connectivity index (χ0) is 15.2. The van der Waals surface area contributed by atoms with Gasteiger partial charge in [0.25, 0.3) is 0 Å². The first kappa shape index (κ1) is 14.6. The summed E-state index contributed by atoms with van der Waals surface area (Å²) in [6.07, 6.45) is 2.87. The molecule has 0 aliphatic rings. The van der Waals surface area contributed by atoms with Crippen LogP contribution in [0, 0.1) is 6.92 Å². The molecule has 0 amide bonds. The Morgan fingerprint density at radius 1 is 1.05 bits per heavy atom. The van der Waals surface area contributed by atoms with E-state index in [2.05, 4.69) is 14.7 Å². The lowest BCUT2D eigenvalue weighted by atomic mass is 10.1. The first-order valence-corrected chi connectivity index (χ1v) is 6.23. The van der Waals surface area contributed by atoms with Crippen LogP contribution in [0.15, 0.2) is 36.7 Å². The molecule has 0 spiro atoms. The van der Waals surface area contributed by atoms with Crippen LogP contribution in [-0.2, 0) is 16.1 Å². The Balaban J connectivity index is 1.95. The van der Waals surface area contributed by atoms with Gasteiger partial charge < -0.3 is 9.47 Å². The van der Waals surface area contributed by atoms with E-state index in [0.717, 1.165) is 11.3 Å². The normalized spacial score (nSPS) is 10.0. The number of rotatable bonds is 4. The molecule has 0 fully saturated rings. The maximum Gasteiger partial charge on any atom is 0.358 e. The summed E-state index contributed by atoms with van der Waals surface area (Å²) in [6.45, 7) is 1.88. The number of methoxy groups -OCH3 is 1. The summed E-state index contributed by atoms with van der Waals surface area (Å²) in [5.41, 5.74) is 2.09. The van der Waals surface area contributed by atoms with E-state index in [-0.39, 0.29) is 12.3 Å². The SMILES string of the molecule is COC(=O)c1ccc(COC(=O)c2cnc(C)cn2)cc1. The Bertz CT molecular complexity index is 636. The molecule has 6 heteroatoms. The summed E-state index contributed by atoms with van der Waals surface area (Å²) in [4.78, 5) is 31.0. The van der Waals surface area contributed by atoms with Crippen molar-refractivity contribution in [2.45, 2.75) is 13.5 Å². The smallest absolute Gasteiger partial charge is 0.358 e. The number of hydrogen-bond acceptors (Lipinski definition) is 6. The van der Waals surface area contributed by atoms with Crippen LogP contribution >= 0.6 is 0 Å². The van der Waals surface area contributed by atoms with E-state index in [0.29, 0.717) is 5.56 Å². The van der Waals surface area contributed by atoms with Gasteiger partial charge in [0.1, 0.15) is 6.61 Å².